The Balaban J connectivity index is 2.88. The third-order valence-electron chi connectivity index (χ3n) is 4.49. The van der Waals surface area contributed by atoms with Crippen molar-refractivity contribution in [3.63, 3.8) is 0 Å². The van der Waals surface area contributed by atoms with Crippen LogP contribution >= 0.6 is 0 Å². The quantitative estimate of drug-likeness (QED) is 0.607. The summed E-state index contributed by atoms with van der Waals surface area (Å²) in [6.07, 6.45) is 3.45. The molecule has 0 heterocycles. The molecule has 1 aliphatic carbocycles. The first-order chi connectivity index (χ1) is 9.90. The molecule has 0 radical (unpaired) electrons. The SMILES string of the molecule is CCC(CC)[C@@H](NC(C)=O)[C@H]1[C@H](N)CC[C@H]1OCC(N)=O. The lowest BCUT2D eigenvalue weighted by Gasteiger charge is -2.36. The molecule has 2 amide bonds. The molecule has 1 fully saturated rings. The number of carbonyl (C=O) groups is 2. The fraction of sp³-hybridized carbons (Fsp3) is 0.867. The Labute approximate surface area is 127 Å². The monoisotopic (exact) mass is 299 g/mol. The van der Waals surface area contributed by atoms with Gasteiger partial charge in [0.05, 0.1) is 6.10 Å². The number of nitrogens with one attached hydrogen (secondary N) is 1. The Hall–Kier alpha value is -1.14. The predicted octanol–water partition coefficient (Wildman–Crippen LogP) is 0.535. The van der Waals surface area contributed by atoms with Gasteiger partial charge < -0.3 is 21.5 Å². The summed E-state index contributed by atoms with van der Waals surface area (Å²) in [4.78, 5) is 22.5. The fourth-order valence-electron chi connectivity index (χ4n) is 3.46. The summed E-state index contributed by atoms with van der Waals surface area (Å²) in [5, 5.41) is 3.06. The first kappa shape index (κ1) is 17.9. The molecule has 6 nitrogen and oxygen atoms in total. The molecule has 4 atom stereocenters. The summed E-state index contributed by atoms with van der Waals surface area (Å²) in [6, 6.07) is -0.0480. The highest BCUT2D eigenvalue weighted by atomic mass is 16.5. The van der Waals surface area contributed by atoms with E-state index in [1.807, 2.05) is 0 Å². The van der Waals surface area contributed by atoms with Crippen LogP contribution in [0.15, 0.2) is 0 Å². The number of hydrogen-bond donors (Lipinski definition) is 3. The first-order valence-electron chi connectivity index (χ1n) is 7.83. The van der Waals surface area contributed by atoms with Crippen molar-refractivity contribution in [1.82, 2.24) is 5.32 Å². The zero-order chi connectivity index (χ0) is 16.0. The number of carbonyl (C=O) groups excluding carboxylic acids is 2. The van der Waals surface area contributed by atoms with Crippen LogP contribution in [-0.2, 0) is 14.3 Å². The van der Waals surface area contributed by atoms with Crippen molar-refractivity contribution in [1.29, 1.82) is 0 Å². The summed E-state index contributed by atoms with van der Waals surface area (Å²) in [5.74, 6) is -0.159. The van der Waals surface area contributed by atoms with Crippen molar-refractivity contribution in [2.45, 2.75) is 64.6 Å². The van der Waals surface area contributed by atoms with Gasteiger partial charge in [-0.3, -0.25) is 9.59 Å². The fourth-order valence-corrected chi connectivity index (χ4v) is 3.46. The number of primary amides is 1. The second-order valence-electron chi connectivity index (χ2n) is 5.94. The van der Waals surface area contributed by atoms with Crippen molar-refractivity contribution < 1.29 is 14.3 Å². The second kappa shape index (κ2) is 8.34. The Bertz CT molecular complexity index is 358. The minimum atomic E-state index is -0.479. The second-order valence-corrected chi connectivity index (χ2v) is 5.94. The molecule has 21 heavy (non-hydrogen) atoms. The maximum atomic E-state index is 11.6. The molecule has 6 heteroatoms. The first-order valence-corrected chi connectivity index (χ1v) is 7.83. The summed E-state index contributed by atoms with van der Waals surface area (Å²) in [6.45, 7) is 5.66. The van der Waals surface area contributed by atoms with Gasteiger partial charge in [0.1, 0.15) is 6.61 Å². The van der Waals surface area contributed by atoms with Crippen molar-refractivity contribution >= 4 is 11.8 Å². The summed E-state index contributed by atoms with van der Waals surface area (Å²) < 4.78 is 5.64. The number of rotatable bonds is 8. The summed E-state index contributed by atoms with van der Waals surface area (Å²) >= 11 is 0. The molecule has 1 rings (SSSR count). The molecular formula is C15H29N3O3. The van der Waals surface area contributed by atoms with E-state index in [0.717, 1.165) is 25.7 Å². The minimum absolute atomic E-state index is 0.0205. The molecule has 0 bridgehead atoms. The lowest BCUT2D eigenvalue weighted by atomic mass is 9.81. The van der Waals surface area contributed by atoms with Crippen LogP contribution in [-0.4, -0.2) is 36.6 Å². The normalized spacial score (nSPS) is 26.8. The average Bonchev–Trinajstić information content (AvgIpc) is 2.77. The molecular weight excluding hydrogens is 270 g/mol. The van der Waals surface area contributed by atoms with Gasteiger partial charge in [-0.25, -0.2) is 0 Å². The Kier molecular flexibility index (Phi) is 7.11. The minimum Gasteiger partial charge on any atom is -0.368 e. The molecule has 0 spiro atoms. The highest BCUT2D eigenvalue weighted by Gasteiger charge is 2.42. The van der Waals surface area contributed by atoms with Crippen LogP contribution in [0.2, 0.25) is 0 Å². The lowest BCUT2D eigenvalue weighted by Crippen LogP contribution is -2.52. The number of nitrogens with two attached hydrogens (primary N) is 2. The van der Waals surface area contributed by atoms with Crippen molar-refractivity contribution in [2.24, 2.45) is 23.3 Å². The van der Waals surface area contributed by atoms with E-state index < -0.39 is 5.91 Å². The van der Waals surface area contributed by atoms with E-state index in [1.165, 1.54) is 6.92 Å². The zero-order valence-electron chi connectivity index (χ0n) is 13.3. The van der Waals surface area contributed by atoms with Gasteiger partial charge in [-0.15, -0.1) is 0 Å². The molecule has 122 valence electrons. The molecule has 0 aromatic heterocycles. The molecule has 0 unspecified atom stereocenters. The Morgan fingerprint density at radius 1 is 1.29 bits per heavy atom. The zero-order valence-corrected chi connectivity index (χ0v) is 13.3. The number of amides is 2. The number of hydrogen-bond acceptors (Lipinski definition) is 4. The van der Waals surface area contributed by atoms with Crippen LogP contribution in [0.4, 0.5) is 0 Å². The summed E-state index contributed by atoms with van der Waals surface area (Å²) in [7, 11) is 0. The van der Waals surface area contributed by atoms with E-state index in [-0.39, 0.29) is 36.6 Å². The molecule has 1 saturated carbocycles. The standard InChI is InChI=1S/C15H29N3O3/c1-4-10(5-2)15(18-9(3)19)14-11(16)6-7-12(14)21-8-13(17)20/h10-12,14-15H,4-8,16H2,1-3H3,(H2,17,20)(H,18,19)/t11-,12-,14+,15-/m1/s1. The van der Waals surface area contributed by atoms with Gasteiger partial charge >= 0.3 is 0 Å². The number of ether oxygens (including phenoxy) is 1. The van der Waals surface area contributed by atoms with Gasteiger partial charge in [0.15, 0.2) is 0 Å². The lowest BCUT2D eigenvalue weighted by molar-refractivity contribution is -0.127. The van der Waals surface area contributed by atoms with Crippen molar-refractivity contribution in [3.05, 3.63) is 0 Å². The molecule has 5 N–H and O–H groups in total. The maximum Gasteiger partial charge on any atom is 0.243 e. The Morgan fingerprint density at radius 2 is 1.90 bits per heavy atom. The topological polar surface area (TPSA) is 107 Å². The third kappa shape index (κ3) is 4.97. The molecule has 0 saturated heterocycles. The van der Waals surface area contributed by atoms with Crippen LogP contribution in [0, 0.1) is 11.8 Å². The van der Waals surface area contributed by atoms with Crippen molar-refractivity contribution in [2.75, 3.05) is 6.61 Å². The van der Waals surface area contributed by atoms with Gasteiger partial charge in [0.2, 0.25) is 11.8 Å². The maximum absolute atomic E-state index is 11.6. The van der Waals surface area contributed by atoms with Gasteiger partial charge in [-0.1, -0.05) is 26.7 Å². The van der Waals surface area contributed by atoms with Crippen LogP contribution in [0.1, 0.15) is 46.5 Å². The van der Waals surface area contributed by atoms with E-state index in [1.54, 1.807) is 0 Å². The van der Waals surface area contributed by atoms with Crippen LogP contribution < -0.4 is 16.8 Å². The Morgan fingerprint density at radius 3 is 2.38 bits per heavy atom. The molecule has 0 aliphatic heterocycles. The van der Waals surface area contributed by atoms with Crippen molar-refractivity contribution in [3.8, 4) is 0 Å². The van der Waals surface area contributed by atoms with Crippen LogP contribution in [0.3, 0.4) is 0 Å². The van der Waals surface area contributed by atoms with Gasteiger partial charge in [0, 0.05) is 24.9 Å². The molecule has 1 aliphatic rings. The third-order valence-corrected chi connectivity index (χ3v) is 4.49. The predicted molar refractivity (Wildman–Crippen MR) is 81.3 cm³/mol. The van der Waals surface area contributed by atoms with E-state index in [9.17, 15) is 9.59 Å². The van der Waals surface area contributed by atoms with E-state index >= 15 is 0 Å². The van der Waals surface area contributed by atoms with Gasteiger partial charge in [0.25, 0.3) is 0 Å². The molecule has 0 aromatic rings. The summed E-state index contributed by atoms with van der Waals surface area (Å²) in [5.41, 5.74) is 11.4. The highest BCUT2D eigenvalue weighted by Crippen LogP contribution is 2.34. The van der Waals surface area contributed by atoms with Crippen LogP contribution in [0.5, 0.6) is 0 Å². The molecule has 0 aromatic carbocycles. The largest absolute Gasteiger partial charge is 0.368 e. The van der Waals surface area contributed by atoms with E-state index in [4.69, 9.17) is 16.2 Å². The van der Waals surface area contributed by atoms with E-state index in [0.29, 0.717) is 5.92 Å². The smallest absolute Gasteiger partial charge is 0.243 e. The van der Waals surface area contributed by atoms with Gasteiger partial charge in [-0.2, -0.15) is 0 Å². The highest BCUT2D eigenvalue weighted by molar-refractivity contribution is 5.75. The van der Waals surface area contributed by atoms with Gasteiger partial charge in [-0.05, 0) is 18.8 Å². The average molecular weight is 299 g/mol. The van der Waals surface area contributed by atoms with E-state index in [2.05, 4.69) is 19.2 Å². The van der Waals surface area contributed by atoms with Crippen LogP contribution in [0.25, 0.3) is 0 Å².